The minimum atomic E-state index is -0.158. The number of fused-ring (bicyclic) bond motifs is 4. The Morgan fingerprint density at radius 3 is 2.55 bits per heavy atom. The standard InChI is InChI=1S/C25H27NO3/c1-16-8-10-18(11-9-16)13-26-14-19-12-22-20-6-4-3-5-7-21(20)25(27)29-24(22)17(2)23(19)28-15-26/h8-12H,3-7,13-15H2,1-2H3. The molecule has 2 aliphatic rings. The number of hydrogen-bond acceptors (Lipinski definition) is 4. The summed E-state index contributed by atoms with van der Waals surface area (Å²) in [5, 5.41) is 1.11. The molecule has 1 aromatic heterocycles. The first-order valence-corrected chi connectivity index (χ1v) is 10.6. The molecule has 2 aromatic carbocycles. The molecule has 4 heteroatoms. The lowest BCUT2D eigenvalue weighted by Gasteiger charge is -2.30. The van der Waals surface area contributed by atoms with E-state index in [4.69, 9.17) is 9.15 Å². The second-order valence-electron chi connectivity index (χ2n) is 8.52. The fourth-order valence-electron chi connectivity index (χ4n) is 4.78. The summed E-state index contributed by atoms with van der Waals surface area (Å²) in [6.45, 7) is 6.37. The zero-order valence-corrected chi connectivity index (χ0v) is 17.2. The molecule has 2 heterocycles. The molecule has 5 rings (SSSR count). The van der Waals surface area contributed by atoms with Crippen molar-refractivity contribution in [2.24, 2.45) is 0 Å². The Kier molecular flexibility index (Phi) is 4.67. The number of nitrogens with zero attached hydrogens (tertiary/aromatic N) is 1. The molecule has 0 saturated carbocycles. The van der Waals surface area contributed by atoms with Crippen LogP contribution < -0.4 is 10.4 Å². The lowest BCUT2D eigenvalue weighted by molar-refractivity contribution is 0.0881. The highest BCUT2D eigenvalue weighted by molar-refractivity contribution is 5.87. The molecule has 0 amide bonds. The molecule has 1 aliphatic heterocycles. The first-order chi connectivity index (χ1) is 14.1. The molecular weight excluding hydrogens is 362 g/mol. The third-order valence-corrected chi connectivity index (χ3v) is 6.33. The van der Waals surface area contributed by atoms with Gasteiger partial charge in [-0.3, -0.25) is 4.90 Å². The Balaban J connectivity index is 1.54. The van der Waals surface area contributed by atoms with E-state index in [9.17, 15) is 4.79 Å². The third kappa shape index (κ3) is 3.36. The molecule has 3 aromatic rings. The minimum absolute atomic E-state index is 0.158. The van der Waals surface area contributed by atoms with Gasteiger partial charge in [-0.05, 0) is 56.7 Å². The molecular formula is C25H27NO3. The van der Waals surface area contributed by atoms with Crippen LogP contribution in [0.1, 0.15) is 52.6 Å². The highest BCUT2D eigenvalue weighted by Gasteiger charge is 2.25. The molecule has 0 N–H and O–H groups in total. The van der Waals surface area contributed by atoms with Gasteiger partial charge in [-0.25, -0.2) is 4.79 Å². The monoisotopic (exact) mass is 389 g/mol. The summed E-state index contributed by atoms with van der Waals surface area (Å²) >= 11 is 0. The molecule has 0 bridgehead atoms. The molecule has 0 radical (unpaired) electrons. The topological polar surface area (TPSA) is 42.7 Å². The number of ether oxygens (including phenoxy) is 1. The van der Waals surface area contributed by atoms with Crippen molar-refractivity contribution in [2.75, 3.05) is 6.73 Å². The highest BCUT2D eigenvalue weighted by Crippen LogP contribution is 2.37. The number of aryl methyl sites for hydroxylation is 3. The van der Waals surface area contributed by atoms with Gasteiger partial charge in [0.15, 0.2) is 0 Å². The van der Waals surface area contributed by atoms with E-state index in [1.165, 1.54) is 28.7 Å². The molecule has 0 fully saturated rings. The summed E-state index contributed by atoms with van der Waals surface area (Å²) in [6.07, 6.45) is 5.18. The molecule has 0 spiro atoms. The van der Waals surface area contributed by atoms with Crippen molar-refractivity contribution in [1.82, 2.24) is 4.90 Å². The summed E-state index contributed by atoms with van der Waals surface area (Å²) in [5.74, 6) is 0.884. The quantitative estimate of drug-likeness (QED) is 0.455. The zero-order valence-electron chi connectivity index (χ0n) is 17.2. The van der Waals surface area contributed by atoms with Crippen LogP contribution in [0.15, 0.2) is 39.5 Å². The Morgan fingerprint density at radius 2 is 1.76 bits per heavy atom. The highest BCUT2D eigenvalue weighted by atomic mass is 16.5. The van der Waals surface area contributed by atoms with Gasteiger partial charge >= 0.3 is 5.63 Å². The van der Waals surface area contributed by atoms with Gasteiger partial charge in [0, 0.05) is 35.2 Å². The van der Waals surface area contributed by atoms with Gasteiger partial charge in [-0.15, -0.1) is 0 Å². The summed E-state index contributed by atoms with van der Waals surface area (Å²) < 4.78 is 11.9. The van der Waals surface area contributed by atoms with Crippen molar-refractivity contribution in [3.05, 3.63) is 74.1 Å². The van der Waals surface area contributed by atoms with Crippen molar-refractivity contribution in [3.8, 4) is 5.75 Å². The second-order valence-corrected chi connectivity index (χ2v) is 8.52. The maximum Gasteiger partial charge on any atom is 0.339 e. The first kappa shape index (κ1) is 18.4. The Hall–Kier alpha value is -2.59. The average Bonchev–Trinajstić information content (AvgIpc) is 2.98. The summed E-state index contributed by atoms with van der Waals surface area (Å²) in [5.41, 5.74) is 7.36. The number of rotatable bonds is 2. The Bertz CT molecular complexity index is 1130. The molecule has 0 unspecified atom stereocenters. The average molecular weight is 389 g/mol. The van der Waals surface area contributed by atoms with E-state index in [0.29, 0.717) is 12.3 Å². The van der Waals surface area contributed by atoms with Gasteiger partial charge in [0.2, 0.25) is 0 Å². The van der Waals surface area contributed by atoms with Crippen molar-refractivity contribution in [1.29, 1.82) is 0 Å². The smallest absolute Gasteiger partial charge is 0.339 e. The predicted octanol–water partition coefficient (Wildman–Crippen LogP) is 5.03. The molecule has 0 atom stereocenters. The summed E-state index contributed by atoms with van der Waals surface area (Å²) in [7, 11) is 0. The van der Waals surface area contributed by atoms with Crippen LogP contribution in [0.25, 0.3) is 11.0 Å². The maximum absolute atomic E-state index is 12.6. The van der Waals surface area contributed by atoms with Gasteiger partial charge < -0.3 is 9.15 Å². The Labute approximate surface area is 171 Å². The molecule has 150 valence electrons. The van der Waals surface area contributed by atoms with E-state index in [1.54, 1.807) is 0 Å². The molecule has 29 heavy (non-hydrogen) atoms. The lowest BCUT2D eigenvalue weighted by atomic mass is 9.95. The van der Waals surface area contributed by atoms with Crippen molar-refractivity contribution >= 4 is 11.0 Å². The summed E-state index contributed by atoms with van der Waals surface area (Å²) in [4.78, 5) is 14.9. The SMILES string of the molecule is Cc1ccc(CN2COc3c(cc4c5c(c(=O)oc4c3C)CCCCC5)C2)cc1. The van der Waals surface area contributed by atoms with E-state index in [-0.39, 0.29) is 5.63 Å². The van der Waals surface area contributed by atoms with Crippen LogP contribution in [0.3, 0.4) is 0 Å². The van der Waals surface area contributed by atoms with Gasteiger partial charge in [0.05, 0.1) is 0 Å². The van der Waals surface area contributed by atoms with Crippen LogP contribution in [0.2, 0.25) is 0 Å². The van der Waals surface area contributed by atoms with Crippen LogP contribution in [0, 0.1) is 13.8 Å². The Morgan fingerprint density at radius 1 is 1.00 bits per heavy atom. The molecule has 4 nitrogen and oxygen atoms in total. The van der Waals surface area contributed by atoms with Crippen LogP contribution in [-0.2, 0) is 25.9 Å². The van der Waals surface area contributed by atoms with E-state index >= 15 is 0 Å². The fourth-order valence-corrected chi connectivity index (χ4v) is 4.78. The predicted molar refractivity (Wildman–Crippen MR) is 114 cm³/mol. The van der Waals surface area contributed by atoms with Gasteiger partial charge in [-0.2, -0.15) is 0 Å². The van der Waals surface area contributed by atoms with Crippen LogP contribution in [0.5, 0.6) is 5.75 Å². The maximum atomic E-state index is 12.6. The van der Waals surface area contributed by atoms with Gasteiger partial charge in [0.1, 0.15) is 18.1 Å². The largest absolute Gasteiger partial charge is 0.477 e. The second kappa shape index (κ2) is 7.34. The minimum Gasteiger partial charge on any atom is -0.477 e. The van der Waals surface area contributed by atoms with E-state index in [0.717, 1.165) is 61.0 Å². The molecule has 1 aliphatic carbocycles. The lowest BCUT2D eigenvalue weighted by Crippen LogP contribution is -2.32. The summed E-state index contributed by atoms with van der Waals surface area (Å²) in [6, 6.07) is 10.9. The van der Waals surface area contributed by atoms with Crippen LogP contribution in [-0.4, -0.2) is 11.6 Å². The zero-order chi connectivity index (χ0) is 20.0. The first-order valence-electron chi connectivity index (χ1n) is 10.6. The van der Waals surface area contributed by atoms with E-state index in [2.05, 4.69) is 42.2 Å². The normalized spacial score (nSPS) is 16.8. The van der Waals surface area contributed by atoms with Crippen LogP contribution >= 0.6 is 0 Å². The van der Waals surface area contributed by atoms with Crippen molar-refractivity contribution < 1.29 is 9.15 Å². The van der Waals surface area contributed by atoms with E-state index in [1.807, 2.05) is 6.92 Å². The number of hydrogen-bond donors (Lipinski definition) is 0. The fraction of sp³-hybridized carbons (Fsp3) is 0.400. The van der Waals surface area contributed by atoms with Crippen molar-refractivity contribution in [3.63, 3.8) is 0 Å². The molecule has 0 saturated heterocycles. The number of benzene rings is 2. The van der Waals surface area contributed by atoms with E-state index < -0.39 is 0 Å². The van der Waals surface area contributed by atoms with Gasteiger partial charge in [0.25, 0.3) is 0 Å². The van der Waals surface area contributed by atoms with Crippen molar-refractivity contribution in [2.45, 2.75) is 59.0 Å². The van der Waals surface area contributed by atoms with Crippen LogP contribution in [0.4, 0.5) is 0 Å². The third-order valence-electron chi connectivity index (χ3n) is 6.33. The van der Waals surface area contributed by atoms with Gasteiger partial charge in [-0.1, -0.05) is 36.2 Å².